The Bertz CT molecular complexity index is 739. The number of rotatable bonds is 5. The number of halogens is 4. The third-order valence-electron chi connectivity index (χ3n) is 5.85. The number of hydrogen-bond acceptors (Lipinski definition) is 1. The maximum absolute atomic E-state index is 12.5. The predicted molar refractivity (Wildman–Crippen MR) is 100 cm³/mol. The van der Waals surface area contributed by atoms with Gasteiger partial charge in [-0.25, -0.2) is 0 Å². The van der Waals surface area contributed by atoms with Crippen LogP contribution < -0.4 is 0 Å². The van der Waals surface area contributed by atoms with E-state index in [9.17, 15) is 13.2 Å². The van der Waals surface area contributed by atoms with Gasteiger partial charge in [-0.15, -0.1) is 12.4 Å². The van der Waals surface area contributed by atoms with Gasteiger partial charge in [0.15, 0.2) is 0 Å². The monoisotopic (exact) mass is 381 g/mol. The van der Waals surface area contributed by atoms with Crippen molar-refractivity contribution in [2.75, 3.05) is 20.1 Å². The van der Waals surface area contributed by atoms with Crippen LogP contribution in [0.25, 0.3) is 0 Å². The van der Waals surface area contributed by atoms with Crippen molar-refractivity contribution in [3.63, 3.8) is 0 Å². The summed E-state index contributed by atoms with van der Waals surface area (Å²) in [6, 6.07) is 17.2. The minimum atomic E-state index is -4.13. The Morgan fingerprint density at radius 1 is 1.00 bits per heavy atom. The minimum absolute atomic E-state index is 0. The van der Waals surface area contributed by atoms with Gasteiger partial charge >= 0.3 is 6.18 Å². The van der Waals surface area contributed by atoms with Crippen molar-refractivity contribution >= 4 is 12.4 Å². The Morgan fingerprint density at radius 3 is 2.08 bits per heavy atom. The van der Waals surface area contributed by atoms with E-state index < -0.39 is 12.7 Å². The maximum Gasteiger partial charge on any atom is 0.401 e. The fraction of sp³-hybridized carbons (Fsp3) is 0.429. The molecule has 2 aromatic carbocycles. The molecule has 4 rings (SSSR count). The maximum atomic E-state index is 12.5. The van der Waals surface area contributed by atoms with Gasteiger partial charge in [-0.1, -0.05) is 48.5 Å². The minimum Gasteiger partial charge on any atom is -0.298 e. The normalized spacial score (nSPS) is 22.9. The molecule has 0 saturated carbocycles. The molecule has 2 aliphatic carbocycles. The zero-order chi connectivity index (χ0) is 17.7. The molecule has 0 amide bonds. The average molecular weight is 382 g/mol. The van der Waals surface area contributed by atoms with E-state index in [1.54, 1.807) is 7.05 Å². The quantitative estimate of drug-likeness (QED) is 0.659. The fourth-order valence-corrected chi connectivity index (χ4v) is 4.98. The standard InChI is InChI=1S/C21H22F3N.ClH/c1-25(14-21(22,23)24)12-6-11-20-13-17(15-7-2-4-9-18(15)20)16-8-3-5-10-19(16)20;/h2-5,7-10,17H,6,11-14H2,1H3;1H. The van der Waals surface area contributed by atoms with Gasteiger partial charge in [0.05, 0.1) is 6.54 Å². The largest absolute Gasteiger partial charge is 0.401 e. The zero-order valence-electron chi connectivity index (χ0n) is 14.7. The van der Waals surface area contributed by atoms with Crippen LogP contribution in [0, 0.1) is 0 Å². The van der Waals surface area contributed by atoms with E-state index >= 15 is 0 Å². The van der Waals surface area contributed by atoms with Crippen molar-refractivity contribution in [3.8, 4) is 0 Å². The van der Waals surface area contributed by atoms with Gasteiger partial charge in [0.25, 0.3) is 0 Å². The Hall–Kier alpha value is -1.52. The molecule has 2 bridgehead atoms. The van der Waals surface area contributed by atoms with Crippen LogP contribution in [0.5, 0.6) is 0 Å². The first kappa shape index (κ1) is 19.2. The average Bonchev–Trinajstić information content (AvgIpc) is 3.06. The molecular formula is C21H23ClF3N. The highest BCUT2D eigenvalue weighted by Gasteiger charge is 2.51. The first-order valence-corrected chi connectivity index (χ1v) is 8.85. The molecule has 0 aromatic heterocycles. The molecule has 0 N–H and O–H groups in total. The molecule has 0 unspecified atom stereocenters. The van der Waals surface area contributed by atoms with Crippen molar-refractivity contribution in [1.82, 2.24) is 4.90 Å². The van der Waals surface area contributed by atoms with Crippen molar-refractivity contribution in [1.29, 1.82) is 0 Å². The van der Waals surface area contributed by atoms with Gasteiger partial charge in [-0.3, -0.25) is 4.90 Å². The molecule has 0 fully saturated rings. The number of alkyl halides is 3. The van der Waals surface area contributed by atoms with E-state index in [1.807, 2.05) is 0 Å². The van der Waals surface area contributed by atoms with E-state index in [4.69, 9.17) is 0 Å². The highest BCUT2D eigenvalue weighted by atomic mass is 35.5. The molecule has 140 valence electrons. The first-order chi connectivity index (χ1) is 11.9. The van der Waals surface area contributed by atoms with Gasteiger partial charge in [-0.2, -0.15) is 13.2 Å². The molecule has 26 heavy (non-hydrogen) atoms. The topological polar surface area (TPSA) is 3.24 Å². The van der Waals surface area contributed by atoms with Gasteiger partial charge in [0, 0.05) is 11.3 Å². The highest BCUT2D eigenvalue weighted by Crippen LogP contribution is 2.61. The number of hydrogen-bond donors (Lipinski definition) is 0. The summed E-state index contributed by atoms with van der Waals surface area (Å²) in [6.45, 7) is -0.369. The Morgan fingerprint density at radius 2 is 1.54 bits per heavy atom. The van der Waals surface area contributed by atoms with Crippen LogP contribution in [0.15, 0.2) is 48.5 Å². The second kappa shape index (κ2) is 6.90. The van der Waals surface area contributed by atoms with Crippen LogP contribution in [0.1, 0.15) is 47.4 Å². The number of fused-ring (bicyclic) bond motifs is 8. The summed E-state index contributed by atoms with van der Waals surface area (Å²) in [4.78, 5) is 1.38. The Balaban J connectivity index is 0.00000196. The van der Waals surface area contributed by atoms with Crippen LogP contribution >= 0.6 is 12.4 Å². The summed E-state index contributed by atoms with van der Waals surface area (Å²) in [5.74, 6) is 0.445. The molecule has 5 heteroatoms. The molecule has 0 spiro atoms. The van der Waals surface area contributed by atoms with Crippen molar-refractivity contribution in [3.05, 3.63) is 70.8 Å². The molecule has 2 aliphatic rings. The van der Waals surface area contributed by atoms with Crippen LogP contribution in [0.4, 0.5) is 13.2 Å². The van der Waals surface area contributed by atoms with Gasteiger partial charge in [0.2, 0.25) is 0 Å². The van der Waals surface area contributed by atoms with E-state index in [2.05, 4.69) is 48.5 Å². The summed E-state index contributed by atoms with van der Waals surface area (Å²) < 4.78 is 37.6. The molecule has 0 saturated heterocycles. The van der Waals surface area contributed by atoms with Gasteiger partial charge in [0.1, 0.15) is 0 Å². The second-order valence-electron chi connectivity index (χ2n) is 7.47. The lowest BCUT2D eigenvalue weighted by Gasteiger charge is -2.32. The van der Waals surface area contributed by atoms with Crippen molar-refractivity contribution < 1.29 is 13.2 Å². The summed E-state index contributed by atoms with van der Waals surface area (Å²) >= 11 is 0. The number of benzene rings is 2. The third kappa shape index (κ3) is 3.14. The Kier molecular flexibility index (Phi) is 5.11. The predicted octanol–water partition coefficient (Wildman–Crippen LogP) is 5.52. The van der Waals surface area contributed by atoms with Gasteiger partial charge < -0.3 is 0 Å². The van der Waals surface area contributed by atoms with E-state index in [0.29, 0.717) is 12.5 Å². The van der Waals surface area contributed by atoms with Crippen molar-refractivity contribution in [2.45, 2.75) is 36.8 Å². The molecule has 0 radical (unpaired) electrons. The lowest BCUT2D eigenvalue weighted by Crippen LogP contribution is -2.33. The molecule has 0 atom stereocenters. The fourth-order valence-electron chi connectivity index (χ4n) is 4.98. The molecule has 0 heterocycles. The molecule has 0 aliphatic heterocycles. The third-order valence-corrected chi connectivity index (χ3v) is 5.85. The SMILES string of the molecule is CN(CCCC12CC(c3ccccc31)c1ccccc12)CC(F)(F)F.Cl. The lowest BCUT2D eigenvalue weighted by atomic mass is 9.72. The van der Waals surface area contributed by atoms with Gasteiger partial charge in [-0.05, 0) is 55.1 Å². The van der Waals surface area contributed by atoms with Crippen LogP contribution in [0.3, 0.4) is 0 Å². The molecule has 2 aromatic rings. The summed E-state index contributed by atoms with van der Waals surface area (Å²) in [5.41, 5.74) is 5.57. The zero-order valence-corrected chi connectivity index (χ0v) is 15.5. The van der Waals surface area contributed by atoms with Crippen LogP contribution in [-0.4, -0.2) is 31.2 Å². The highest BCUT2D eigenvalue weighted by molar-refractivity contribution is 5.85. The summed E-state index contributed by atoms with van der Waals surface area (Å²) in [5, 5.41) is 0. The molecule has 1 nitrogen and oxygen atoms in total. The van der Waals surface area contributed by atoms with Crippen LogP contribution in [-0.2, 0) is 5.41 Å². The van der Waals surface area contributed by atoms with E-state index in [0.717, 1.165) is 19.3 Å². The summed E-state index contributed by atoms with van der Waals surface area (Å²) in [6.07, 6.45) is -1.39. The Labute approximate surface area is 158 Å². The smallest absolute Gasteiger partial charge is 0.298 e. The summed E-state index contributed by atoms with van der Waals surface area (Å²) in [7, 11) is 1.55. The van der Waals surface area contributed by atoms with E-state index in [-0.39, 0.29) is 17.8 Å². The second-order valence-corrected chi connectivity index (χ2v) is 7.47. The molecular weight excluding hydrogens is 359 g/mol. The first-order valence-electron chi connectivity index (χ1n) is 8.85. The number of nitrogens with zero attached hydrogens (tertiary/aromatic N) is 1. The van der Waals surface area contributed by atoms with E-state index in [1.165, 1.54) is 27.2 Å². The van der Waals surface area contributed by atoms with Crippen molar-refractivity contribution in [2.24, 2.45) is 0 Å². The van der Waals surface area contributed by atoms with Crippen LogP contribution in [0.2, 0.25) is 0 Å². The lowest BCUT2D eigenvalue weighted by molar-refractivity contribution is -0.143.